The van der Waals surface area contributed by atoms with E-state index in [1.165, 1.54) is 54.4 Å². The second-order valence-electron chi connectivity index (χ2n) is 5.75. The Morgan fingerprint density at radius 1 is 1.29 bits per heavy atom. The van der Waals surface area contributed by atoms with Gasteiger partial charge in [-0.3, -0.25) is 14.9 Å². The van der Waals surface area contributed by atoms with Crippen molar-refractivity contribution in [3.63, 3.8) is 0 Å². The highest BCUT2D eigenvalue weighted by Crippen LogP contribution is 2.23. The predicted molar refractivity (Wildman–Crippen MR) is 104 cm³/mol. The summed E-state index contributed by atoms with van der Waals surface area (Å²) in [5, 5.41) is 11.2. The molecule has 0 atom stereocenters. The monoisotopic (exact) mass is 421 g/mol. The highest BCUT2D eigenvalue weighted by Gasteiger charge is 2.18. The maximum absolute atomic E-state index is 12.6. The van der Waals surface area contributed by atoms with Gasteiger partial charge in [0.25, 0.3) is 11.6 Å². The normalized spacial score (nSPS) is 10.9. The Bertz CT molecular complexity index is 1050. The molecule has 0 aliphatic heterocycles. The van der Waals surface area contributed by atoms with Crippen LogP contribution in [0, 0.1) is 22.5 Å². The second kappa shape index (κ2) is 8.84. The minimum Gasteiger partial charge on any atom is -0.337 e. The summed E-state index contributed by atoms with van der Waals surface area (Å²) in [6, 6.07) is 9.31. The van der Waals surface area contributed by atoms with E-state index in [0.29, 0.717) is 10.6 Å². The summed E-state index contributed by atoms with van der Waals surface area (Å²) in [6.45, 7) is -0.0984. The summed E-state index contributed by atoms with van der Waals surface area (Å²) in [7, 11) is -2.24. The maximum atomic E-state index is 12.6. The van der Waals surface area contributed by atoms with Crippen molar-refractivity contribution < 1.29 is 18.1 Å². The van der Waals surface area contributed by atoms with Crippen LogP contribution in [0.1, 0.15) is 15.9 Å². The Kier molecular flexibility index (Phi) is 6.75. The zero-order valence-corrected chi connectivity index (χ0v) is 16.3. The number of hydrogen-bond donors (Lipinski definition) is 1. The van der Waals surface area contributed by atoms with Gasteiger partial charge >= 0.3 is 0 Å². The number of non-ortho nitro benzene ring substituents is 1. The molecule has 0 bridgehead atoms. The lowest BCUT2D eigenvalue weighted by atomic mass is 10.1. The van der Waals surface area contributed by atoms with E-state index in [0.717, 1.165) is 0 Å². The summed E-state index contributed by atoms with van der Waals surface area (Å²) in [6.07, 6.45) is 5.04. The average Bonchev–Trinajstić information content (AvgIpc) is 2.67. The predicted octanol–water partition coefficient (Wildman–Crippen LogP) is 2.43. The minimum absolute atomic E-state index is 0.0244. The van der Waals surface area contributed by atoms with Gasteiger partial charge in [0.1, 0.15) is 0 Å². The Labute approximate surface area is 167 Å². The van der Waals surface area contributed by atoms with E-state index >= 15 is 0 Å². The Hall–Kier alpha value is -2.93. The van der Waals surface area contributed by atoms with Gasteiger partial charge in [0.05, 0.1) is 16.4 Å². The van der Waals surface area contributed by atoms with Crippen molar-refractivity contribution >= 4 is 33.2 Å². The quantitative estimate of drug-likeness (QED) is 0.419. The van der Waals surface area contributed by atoms with Crippen LogP contribution < -0.4 is 4.72 Å². The van der Waals surface area contributed by atoms with Crippen LogP contribution in [0.25, 0.3) is 0 Å². The first-order valence-electron chi connectivity index (χ1n) is 7.87. The number of hydrogen-bond acceptors (Lipinski definition) is 5. The van der Waals surface area contributed by atoms with Crippen LogP contribution in [0.4, 0.5) is 5.69 Å². The molecule has 0 aliphatic carbocycles. The second-order valence-corrected chi connectivity index (χ2v) is 7.92. The Morgan fingerprint density at radius 3 is 2.50 bits per heavy atom. The summed E-state index contributed by atoms with van der Waals surface area (Å²) in [5.74, 6) is 1.77. The van der Waals surface area contributed by atoms with E-state index in [-0.39, 0.29) is 29.2 Å². The Balaban J connectivity index is 2.17. The molecule has 0 unspecified atom stereocenters. The van der Waals surface area contributed by atoms with Crippen molar-refractivity contribution in [3.8, 4) is 12.3 Å². The summed E-state index contributed by atoms with van der Waals surface area (Å²) in [5.41, 5.74) is 0.540. The molecule has 0 saturated carbocycles. The van der Waals surface area contributed by atoms with Crippen molar-refractivity contribution in [2.45, 2.75) is 11.4 Å². The highest BCUT2D eigenvalue weighted by molar-refractivity contribution is 7.89. The van der Waals surface area contributed by atoms with Crippen molar-refractivity contribution in [3.05, 3.63) is 68.7 Å². The minimum atomic E-state index is -3.75. The number of nitrogens with zero attached hydrogens (tertiary/aromatic N) is 2. The third-order valence-electron chi connectivity index (χ3n) is 3.77. The molecule has 146 valence electrons. The molecule has 1 amide bonds. The lowest BCUT2D eigenvalue weighted by molar-refractivity contribution is -0.384. The number of carbonyl (C=O) groups is 1. The van der Waals surface area contributed by atoms with E-state index < -0.39 is 20.9 Å². The smallest absolute Gasteiger partial charge is 0.269 e. The third-order valence-corrected chi connectivity index (χ3v) is 5.56. The molecule has 2 aromatic carbocycles. The average molecular weight is 422 g/mol. The highest BCUT2D eigenvalue weighted by atomic mass is 35.5. The number of nitrogens with one attached hydrogen (secondary N) is 1. The van der Waals surface area contributed by atoms with Gasteiger partial charge in [-0.1, -0.05) is 17.5 Å². The molecular weight excluding hydrogens is 406 g/mol. The number of carbonyl (C=O) groups excluding carboxylic acids is 1. The van der Waals surface area contributed by atoms with Gasteiger partial charge < -0.3 is 4.90 Å². The van der Waals surface area contributed by atoms with E-state index in [9.17, 15) is 23.3 Å². The summed E-state index contributed by atoms with van der Waals surface area (Å²) >= 11 is 6.06. The van der Waals surface area contributed by atoms with E-state index in [2.05, 4.69) is 10.6 Å². The van der Waals surface area contributed by atoms with Gasteiger partial charge in [-0.15, -0.1) is 6.42 Å². The van der Waals surface area contributed by atoms with Gasteiger partial charge in [-0.05, 0) is 35.9 Å². The number of nitro groups is 1. The Morgan fingerprint density at radius 2 is 1.93 bits per heavy atom. The molecular formula is C18H16ClN3O5S. The molecule has 0 heterocycles. The molecule has 28 heavy (non-hydrogen) atoms. The zero-order valence-electron chi connectivity index (χ0n) is 14.8. The molecule has 8 nitrogen and oxygen atoms in total. The van der Waals surface area contributed by atoms with Crippen LogP contribution in [0.15, 0.2) is 47.4 Å². The first kappa shape index (κ1) is 21.4. The molecule has 2 aromatic rings. The van der Waals surface area contributed by atoms with Gasteiger partial charge in [0.2, 0.25) is 10.0 Å². The van der Waals surface area contributed by atoms with Gasteiger partial charge in [0.15, 0.2) is 0 Å². The van der Waals surface area contributed by atoms with Gasteiger partial charge in [0, 0.05) is 36.3 Å². The number of nitro benzene ring substituents is 1. The lowest BCUT2D eigenvalue weighted by Gasteiger charge is -2.18. The van der Waals surface area contributed by atoms with Crippen molar-refractivity contribution in [1.29, 1.82) is 0 Å². The number of benzene rings is 2. The molecule has 2 rings (SSSR count). The van der Waals surface area contributed by atoms with E-state index in [1.54, 1.807) is 0 Å². The number of rotatable bonds is 7. The standard InChI is InChI=1S/C18H16ClN3O5S/c1-3-10-20-28(26,27)16-7-4-13(5-8-16)18(23)21(2)12-14-11-15(22(24)25)6-9-17(14)19/h1,4-9,11,20H,10,12H2,2H3. The van der Waals surface area contributed by atoms with Crippen molar-refractivity contribution in [2.24, 2.45) is 0 Å². The fraction of sp³-hybridized carbons (Fsp3) is 0.167. The van der Waals surface area contributed by atoms with Crippen LogP contribution >= 0.6 is 11.6 Å². The molecule has 0 fully saturated rings. The molecule has 0 spiro atoms. The van der Waals surface area contributed by atoms with Crippen LogP contribution in [0.2, 0.25) is 5.02 Å². The topological polar surface area (TPSA) is 110 Å². The fourth-order valence-corrected chi connectivity index (χ4v) is 3.45. The van der Waals surface area contributed by atoms with Gasteiger partial charge in [-0.2, -0.15) is 4.72 Å². The summed E-state index contributed by atoms with van der Waals surface area (Å²) in [4.78, 5) is 24.2. The molecule has 10 heteroatoms. The summed E-state index contributed by atoms with van der Waals surface area (Å²) < 4.78 is 26.2. The van der Waals surface area contributed by atoms with Gasteiger partial charge in [-0.25, -0.2) is 8.42 Å². The number of amides is 1. The third kappa shape index (κ3) is 5.07. The lowest BCUT2D eigenvalue weighted by Crippen LogP contribution is -2.27. The molecule has 0 saturated heterocycles. The number of halogens is 1. The van der Waals surface area contributed by atoms with Crippen molar-refractivity contribution in [1.82, 2.24) is 9.62 Å². The number of sulfonamides is 1. The maximum Gasteiger partial charge on any atom is 0.269 e. The molecule has 0 aliphatic rings. The molecule has 0 radical (unpaired) electrons. The van der Waals surface area contributed by atoms with Crippen LogP contribution in [0.3, 0.4) is 0 Å². The SMILES string of the molecule is C#CCNS(=O)(=O)c1ccc(C(=O)N(C)Cc2cc([N+](=O)[O-])ccc2Cl)cc1. The first-order valence-corrected chi connectivity index (χ1v) is 9.73. The fourth-order valence-electron chi connectivity index (χ4n) is 2.34. The first-order chi connectivity index (χ1) is 13.2. The van der Waals surface area contributed by atoms with Crippen LogP contribution in [-0.2, 0) is 16.6 Å². The molecule has 0 aromatic heterocycles. The van der Waals surface area contributed by atoms with Crippen LogP contribution in [-0.4, -0.2) is 37.7 Å². The largest absolute Gasteiger partial charge is 0.337 e. The number of terminal acetylenes is 1. The zero-order chi connectivity index (χ0) is 20.9. The van der Waals surface area contributed by atoms with E-state index in [1.807, 2.05) is 0 Å². The van der Waals surface area contributed by atoms with Crippen molar-refractivity contribution in [2.75, 3.05) is 13.6 Å². The van der Waals surface area contributed by atoms with Crippen LogP contribution in [0.5, 0.6) is 0 Å². The van der Waals surface area contributed by atoms with E-state index in [4.69, 9.17) is 18.0 Å². The molecule has 1 N–H and O–H groups in total.